The highest BCUT2D eigenvalue weighted by atomic mass is 35.5. The fraction of sp³-hybridized carbons (Fsp3) is 1.00. The molecule has 1 N–H and O–H groups in total. The summed E-state index contributed by atoms with van der Waals surface area (Å²) in [5.41, 5.74) is 0. The molecule has 3 heteroatoms. The summed E-state index contributed by atoms with van der Waals surface area (Å²) in [5.74, 6) is 0. The molecule has 0 aromatic heterocycles. The molecule has 0 fully saturated rings. The van der Waals surface area contributed by atoms with Crippen LogP contribution in [0.25, 0.3) is 0 Å². The number of halogens is 2. The van der Waals surface area contributed by atoms with E-state index in [1.165, 1.54) is 38.5 Å². The van der Waals surface area contributed by atoms with Gasteiger partial charge in [-0.25, -0.2) is 0 Å². The molecule has 0 rings (SSSR count). The summed E-state index contributed by atoms with van der Waals surface area (Å²) in [7, 11) is 0. The number of rotatable bonds is 7. The predicted octanol–water partition coefficient (Wildman–Crippen LogP) is 4.15. The van der Waals surface area contributed by atoms with E-state index in [0.717, 1.165) is 6.42 Å². The van der Waals surface area contributed by atoms with Crippen LogP contribution >= 0.6 is 23.2 Å². The van der Waals surface area contributed by atoms with Crippen molar-refractivity contribution >= 4 is 23.2 Å². The quantitative estimate of drug-likeness (QED) is 0.513. The van der Waals surface area contributed by atoms with Gasteiger partial charge in [-0.15, -0.1) is 23.2 Å². The number of aliphatic hydroxyl groups is 1. The van der Waals surface area contributed by atoms with E-state index in [-0.39, 0.29) is 5.34 Å². The van der Waals surface area contributed by atoms with Crippen LogP contribution in [-0.4, -0.2) is 17.1 Å². The van der Waals surface area contributed by atoms with Gasteiger partial charge in [0.05, 0.1) is 5.34 Å². The van der Waals surface area contributed by atoms with E-state index in [1.807, 2.05) is 0 Å². The SMILES string of the molecule is CCCCCCCCCO.ClCCl. The van der Waals surface area contributed by atoms with Crippen molar-refractivity contribution in [3.63, 3.8) is 0 Å². The van der Waals surface area contributed by atoms with Crippen LogP contribution in [0.3, 0.4) is 0 Å². The lowest BCUT2D eigenvalue weighted by Gasteiger charge is -1.97. The first kappa shape index (κ1) is 16.0. The second kappa shape index (κ2) is 18.3. The average molecular weight is 229 g/mol. The normalized spacial score (nSPS) is 9.23. The van der Waals surface area contributed by atoms with Crippen LogP contribution in [0.4, 0.5) is 0 Å². The highest BCUT2D eigenvalue weighted by molar-refractivity contribution is 6.40. The number of unbranched alkanes of at least 4 members (excludes halogenated alkanes) is 6. The highest BCUT2D eigenvalue weighted by Crippen LogP contribution is 2.05. The van der Waals surface area contributed by atoms with Gasteiger partial charge in [0.25, 0.3) is 0 Å². The van der Waals surface area contributed by atoms with Gasteiger partial charge in [0, 0.05) is 6.61 Å². The van der Waals surface area contributed by atoms with Gasteiger partial charge in [-0.2, -0.15) is 0 Å². The predicted molar refractivity (Wildman–Crippen MR) is 61.7 cm³/mol. The monoisotopic (exact) mass is 228 g/mol. The Labute approximate surface area is 92.4 Å². The summed E-state index contributed by atoms with van der Waals surface area (Å²) >= 11 is 9.53. The smallest absolute Gasteiger partial charge is 0.0967 e. The molecule has 0 atom stereocenters. The van der Waals surface area contributed by atoms with E-state index in [9.17, 15) is 0 Å². The van der Waals surface area contributed by atoms with E-state index in [4.69, 9.17) is 28.3 Å². The minimum absolute atomic E-state index is 0.194. The van der Waals surface area contributed by atoms with E-state index in [0.29, 0.717) is 6.61 Å². The number of aliphatic hydroxyl groups excluding tert-OH is 1. The van der Waals surface area contributed by atoms with Crippen molar-refractivity contribution in [1.82, 2.24) is 0 Å². The van der Waals surface area contributed by atoms with Gasteiger partial charge in [0.15, 0.2) is 0 Å². The Balaban J connectivity index is 0. The third-order valence-corrected chi connectivity index (χ3v) is 1.76. The number of hydrogen-bond acceptors (Lipinski definition) is 1. The first-order chi connectivity index (χ1) is 6.33. The van der Waals surface area contributed by atoms with Crippen molar-refractivity contribution in [2.45, 2.75) is 51.9 Å². The van der Waals surface area contributed by atoms with Crippen molar-refractivity contribution < 1.29 is 5.11 Å². The molecule has 0 bridgehead atoms. The van der Waals surface area contributed by atoms with E-state index in [2.05, 4.69) is 6.92 Å². The molecule has 0 aromatic carbocycles. The molecule has 0 aliphatic carbocycles. The Morgan fingerprint density at radius 1 is 0.846 bits per heavy atom. The molecular formula is C10H22Cl2O. The molecule has 1 nitrogen and oxygen atoms in total. The Morgan fingerprint density at radius 2 is 1.23 bits per heavy atom. The van der Waals surface area contributed by atoms with Crippen LogP contribution in [0.2, 0.25) is 0 Å². The van der Waals surface area contributed by atoms with Crippen molar-refractivity contribution in [2.75, 3.05) is 11.9 Å². The van der Waals surface area contributed by atoms with Gasteiger partial charge in [-0.3, -0.25) is 0 Å². The van der Waals surface area contributed by atoms with Crippen molar-refractivity contribution in [2.24, 2.45) is 0 Å². The van der Waals surface area contributed by atoms with Gasteiger partial charge in [0.2, 0.25) is 0 Å². The lowest BCUT2D eigenvalue weighted by molar-refractivity contribution is 0.282. The first-order valence-electron chi connectivity index (χ1n) is 5.06. The molecule has 0 spiro atoms. The van der Waals surface area contributed by atoms with Crippen LogP contribution in [0.15, 0.2) is 0 Å². The largest absolute Gasteiger partial charge is 0.396 e. The Kier molecular flexibility index (Phi) is 22.6. The summed E-state index contributed by atoms with van der Waals surface area (Å²) in [4.78, 5) is 0. The standard InChI is InChI=1S/C9H20O.CH2Cl2/c1-2-3-4-5-6-7-8-9-10;2-1-3/h10H,2-9H2,1H3;1H2. The Morgan fingerprint density at radius 3 is 1.62 bits per heavy atom. The molecule has 0 radical (unpaired) electrons. The summed E-state index contributed by atoms with van der Waals surface area (Å²) in [6.45, 7) is 2.60. The minimum atomic E-state index is 0.194. The summed E-state index contributed by atoms with van der Waals surface area (Å²) < 4.78 is 0. The van der Waals surface area contributed by atoms with Gasteiger partial charge in [-0.1, -0.05) is 45.4 Å². The van der Waals surface area contributed by atoms with Crippen LogP contribution in [-0.2, 0) is 0 Å². The maximum atomic E-state index is 8.47. The zero-order valence-electron chi connectivity index (χ0n) is 8.57. The van der Waals surface area contributed by atoms with Gasteiger partial charge < -0.3 is 5.11 Å². The molecule has 0 heterocycles. The third-order valence-electron chi connectivity index (χ3n) is 1.76. The molecule has 0 saturated carbocycles. The third kappa shape index (κ3) is 24.5. The molecule has 0 aromatic rings. The molecule has 0 aliphatic rings. The molecule has 0 amide bonds. The van der Waals surface area contributed by atoms with Crippen LogP contribution < -0.4 is 0 Å². The maximum absolute atomic E-state index is 8.47. The fourth-order valence-electron chi connectivity index (χ4n) is 1.07. The summed E-state index contributed by atoms with van der Waals surface area (Å²) in [6, 6.07) is 0. The van der Waals surface area contributed by atoms with Gasteiger partial charge in [-0.05, 0) is 6.42 Å². The average Bonchev–Trinajstić information content (AvgIpc) is 2.13. The number of alkyl halides is 2. The van der Waals surface area contributed by atoms with E-state index in [1.54, 1.807) is 0 Å². The Bertz CT molecular complexity index is 61.9. The lowest BCUT2D eigenvalue weighted by Crippen LogP contribution is -1.83. The molecule has 82 valence electrons. The van der Waals surface area contributed by atoms with Crippen LogP contribution in [0, 0.1) is 0 Å². The molecule has 0 saturated heterocycles. The van der Waals surface area contributed by atoms with Crippen molar-refractivity contribution in [1.29, 1.82) is 0 Å². The highest BCUT2D eigenvalue weighted by Gasteiger charge is 1.88. The van der Waals surface area contributed by atoms with Crippen LogP contribution in [0.1, 0.15) is 51.9 Å². The van der Waals surface area contributed by atoms with Gasteiger partial charge >= 0.3 is 0 Å². The minimum Gasteiger partial charge on any atom is -0.396 e. The second-order valence-corrected chi connectivity index (χ2v) is 3.75. The first-order valence-corrected chi connectivity index (χ1v) is 6.13. The molecule has 0 aliphatic heterocycles. The van der Waals surface area contributed by atoms with Crippen LogP contribution in [0.5, 0.6) is 0 Å². The van der Waals surface area contributed by atoms with E-state index >= 15 is 0 Å². The molecular weight excluding hydrogens is 207 g/mol. The maximum Gasteiger partial charge on any atom is 0.0967 e. The lowest BCUT2D eigenvalue weighted by atomic mass is 10.1. The topological polar surface area (TPSA) is 20.2 Å². The number of hydrogen-bond donors (Lipinski definition) is 1. The zero-order valence-corrected chi connectivity index (χ0v) is 10.1. The summed E-state index contributed by atoms with van der Waals surface area (Å²) in [6.07, 6.45) is 8.93. The van der Waals surface area contributed by atoms with E-state index < -0.39 is 0 Å². The molecule has 0 unspecified atom stereocenters. The summed E-state index contributed by atoms with van der Waals surface area (Å²) in [5, 5.41) is 8.66. The van der Waals surface area contributed by atoms with Gasteiger partial charge in [0.1, 0.15) is 0 Å². The Hall–Kier alpha value is 0.540. The molecule has 13 heavy (non-hydrogen) atoms. The fourth-order valence-corrected chi connectivity index (χ4v) is 1.07. The van der Waals surface area contributed by atoms with Crippen molar-refractivity contribution in [3.8, 4) is 0 Å². The zero-order chi connectivity index (χ0) is 10.4. The van der Waals surface area contributed by atoms with Crippen molar-refractivity contribution in [3.05, 3.63) is 0 Å². The second-order valence-electron chi connectivity index (χ2n) is 2.95.